The Labute approximate surface area is 187 Å². The molecule has 0 spiro atoms. The summed E-state index contributed by atoms with van der Waals surface area (Å²) in [6, 6.07) is 0.527. The van der Waals surface area contributed by atoms with Crippen molar-refractivity contribution in [2.24, 2.45) is 29.1 Å². The van der Waals surface area contributed by atoms with Crippen molar-refractivity contribution >= 4 is 12.1 Å². The van der Waals surface area contributed by atoms with E-state index in [1.165, 1.54) is 38.5 Å². The maximum atomic E-state index is 12.5. The summed E-state index contributed by atoms with van der Waals surface area (Å²) in [5.41, 5.74) is 0.209. The summed E-state index contributed by atoms with van der Waals surface area (Å²) >= 11 is 0. The summed E-state index contributed by atoms with van der Waals surface area (Å²) in [6.45, 7) is 8.73. The first-order chi connectivity index (χ1) is 14.8. The maximum absolute atomic E-state index is 12.5. The van der Waals surface area contributed by atoms with Crippen LogP contribution in [0.3, 0.4) is 0 Å². The van der Waals surface area contributed by atoms with Crippen molar-refractivity contribution in [1.82, 2.24) is 4.90 Å². The van der Waals surface area contributed by atoms with Crippen LogP contribution in [0.1, 0.15) is 78.6 Å². The minimum absolute atomic E-state index is 0.0318. The minimum atomic E-state index is -0.602. The molecule has 4 saturated carbocycles. The summed E-state index contributed by atoms with van der Waals surface area (Å²) in [6.07, 6.45) is 9.42. The highest BCUT2D eigenvalue weighted by atomic mass is 16.7. The molecule has 1 atom stereocenters. The fourth-order valence-corrected chi connectivity index (χ4v) is 7.04. The summed E-state index contributed by atoms with van der Waals surface area (Å²) in [7, 11) is 0. The first-order valence-electron chi connectivity index (χ1n) is 12.5. The van der Waals surface area contributed by atoms with E-state index in [2.05, 4.69) is 18.7 Å². The zero-order chi connectivity index (χ0) is 22.0. The van der Waals surface area contributed by atoms with E-state index in [0.29, 0.717) is 19.1 Å². The molecule has 0 radical (unpaired) electrons. The van der Waals surface area contributed by atoms with Crippen LogP contribution in [0.5, 0.6) is 0 Å². The number of piperidine rings is 1. The largest absolute Gasteiger partial charge is 0.508 e. The number of likely N-dealkylation sites (tertiary alicyclic amines) is 1. The predicted octanol–water partition coefficient (Wildman–Crippen LogP) is 4.80. The molecular formula is C25H41NO5. The van der Waals surface area contributed by atoms with Gasteiger partial charge in [-0.1, -0.05) is 6.92 Å². The van der Waals surface area contributed by atoms with Gasteiger partial charge in [0.25, 0.3) is 0 Å². The van der Waals surface area contributed by atoms with Crippen molar-refractivity contribution in [3.63, 3.8) is 0 Å². The van der Waals surface area contributed by atoms with Crippen molar-refractivity contribution in [3.05, 3.63) is 0 Å². The second-order valence-electron chi connectivity index (χ2n) is 11.4. The lowest BCUT2D eigenvalue weighted by atomic mass is 9.49. The van der Waals surface area contributed by atoms with Gasteiger partial charge in [0.1, 0.15) is 12.7 Å². The van der Waals surface area contributed by atoms with Gasteiger partial charge in [-0.2, -0.15) is 0 Å². The van der Waals surface area contributed by atoms with Crippen LogP contribution >= 0.6 is 0 Å². The molecule has 4 aliphatic carbocycles. The molecule has 1 unspecified atom stereocenters. The lowest BCUT2D eigenvalue weighted by molar-refractivity contribution is -0.153. The van der Waals surface area contributed by atoms with E-state index in [-0.39, 0.29) is 30.0 Å². The van der Waals surface area contributed by atoms with E-state index >= 15 is 0 Å². The number of carbonyl (C=O) groups excluding carboxylic acids is 2. The Morgan fingerprint density at radius 3 is 2.00 bits per heavy atom. The zero-order valence-corrected chi connectivity index (χ0v) is 19.6. The topological polar surface area (TPSA) is 65.1 Å². The third-order valence-corrected chi connectivity index (χ3v) is 8.17. The van der Waals surface area contributed by atoms with Crippen LogP contribution < -0.4 is 0 Å². The maximum Gasteiger partial charge on any atom is 0.508 e. The molecule has 6 heteroatoms. The molecule has 0 N–H and O–H groups in total. The molecule has 4 bridgehead atoms. The average molecular weight is 436 g/mol. The first-order valence-corrected chi connectivity index (χ1v) is 12.5. The third kappa shape index (κ3) is 5.94. The number of hydrogen-bond acceptors (Lipinski definition) is 6. The molecule has 0 amide bonds. The Balaban J connectivity index is 1.10. The van der Waals surface area contributed by atoms with Gasteiger partial charge in [-0.3, -0.25) is 4.79 Å². The highest BCUT2D eigenvalue weighted by molar-refractivity contribution is 5.70. The molecule has 1 aliphatic heterocycles. The number of nitrogens with zero attached hydrogens (tertiary/aromatic N) is 1. The Morgan fingerprint density at radius 1 is 0.903 bits per heavy atom. The molecule has 31 heavy (non-hydrogen) atoms. The standard InChI is InChI=1S/C25H41NO5/c1-17(2)26-6-4-22(5-7-26)31-24(28)30-16-18(3)15-29-23(27)14-25-11-19-8-20(12-25)10-21(9-19)13-25/h17-22H,4-16H2,1-3H3. The van der Waals surface area contributed by atoms with Gasteiger partial charge in [0, 0.05) is 25.0 Å². The Morgan fingerprint density at radius 2 is 1.45 bits per heavy atom. The van der Waals surface area contributed by atoms with E-state index < -0.39 is 6.16 Å². The molecule has 5 fully saturated rings. The van der Waals surface area contributed by atoms with Crippen molar-refractivity contribution in [2.75, 3.05) is 26.3 Å². The van der Waals surface area contributed by atoms with E-state index in [4.69, 9.17) is 14.2 Å². The highest BCUT2D eigenvalue weighted by Gasteiger charge is 2.51. The summed E-state index contributed by atoms with van der Waals surface area (Å²) in [4.78, 5) is 27.0. The van der Waals surface area contributed by atoms with Crippen LogP contribution in [-0.2, 0) is 19.0 Å². The minimum Gasteiger partial charge on any atom is -0.465 e. The number of hydrogen-bond donors (Lipinski definition) is 0. The average Bonchev–Trinajstić information content (AvgIpc) is 2.70. The highest BCUT2D eigenvalue weighted by Crippen LogP contribution is 2.61. The van der Waals surface area contributed by atoms with Crippen molar-refractivity contribution in [1.29, 1.82) is 0 Å². The molecule has 176 valence electrons. The normalized spacial score (nSPS) is 34.0. The lowest BCUT2D eigenvalue weighted by Gasteiger charge is -2.56. The third-order valence-electron chi connectivity index (χ3n) is 8.17. The molecular weight excluding hydrogens is 394 g/mol. The molecule has 6 nitrogen and oxygen atoms in total. The Kier molecular flexibility index (Phi) is 7.14. The second-order valence-corrected chi connectivity index (χ2v) is 11.4. The van der Waals surface area contributed by atoms with Gasteiger partial charge >= 0.3 is 12.1 Å². The van der Waals surface area contributed by atoms with Gasteiger partial charge in [-0.25, -0.2) is 4.79 Å². The summed E-state index contributed by atoms with van der Waals surface area (Å²) in [5.74, 6) is 2.42. The van der Waals surface area contributed by atoms with Crippen LogP contribution in [0.15, 0.2) is 0 Å². The zero-order valence-electron chi connectivity index (χ0n) is 19.6. The monoisotopic (exact) mass is 435 g/mol. The van der Waals surface area contributed by atoms with E-state index in [1.807, 2.05) is 6.92 Å². The molecule has 5 aliphatic rings. The molecule has 0 aromatic heterocycles. The molecule has 5 rings (SSSR count). The van der Waals surface area contributed by atoms with Gasteiger partial charge in [0.2, 0.25) is 0 Å². The second kappa shape index (κ2) is 9.68. The van der Waals surface area contributed by atoms with E-state index in [0.717, 1.165) is 43.7 Å². The first kappa shape index (κ1) is 22.9. The number of esters is 1. The summed E-state index contributed by atoms with van der Waals surface area (Å²) < 4.78 is 16.3. The van der Waals surface area contributed by atoms with Crippen LogP contribution in [0, 0.1) is 29.1 Å². The van der Waals surface area contributed by atoms with Crippen LogP contribution in [-0.4, -0.2) is 55.5 Å². The van der Waals surface area contributed by atoms with Crippen molar-refractivity contribution in [2.45, 2.75) is 90.7 Å². The van der Waals surface area contributed by atoms with Gasteiger partial charge < -0.3 is 19.1 Å². The summed E-state index contributed by atoms with van der Waals surface area (Å²) in [5, 5.41) is 0. The number of rotatable bonds is 8. The fraction of sp³-hybridized carbons (Fsp3) is 0.920. The molecule has 1 heterocycles. The van der Waals surface area contributed by atoms with Crippen molar-refractivity contribution in [3.8, 4) is 0 Å². The van der Waals surface area contributed by atoms with Gasteiger partial charge in [-0.05, 0) is 88.4 Å². The van der Waals surface area contributed by atoms with Crippen molar-refractivity contribution < 1.29 is 23.8 Å². The van der Waals surface area contributed by atoms with Crippen LogP contribution in [0.25, 0.3) is 0 Å². The van der Waals surface area contributed by atoms with Gasteiger partial charge in [0.05, 0.1) is 13.0 Å². The van der Waals surface area contributed by atoms with Gasteiger partial charge in [-0.15, -0.1) is 0 Å². The number of carbonyl (C=O) groups is 2. The number of ether oxygens (including phenoxy) is 3. The Hall–Kier alpha value is -1.30. The lowest BCUT2D eigenvalue weighted by Crippen LogP contribution is -2.47. The molecule has 1 saturated heterocycles. The fourth-order valence-electron chi connectivity index (χ4n) is 7.04. The van der Waals surface area contributed by atoms with Crippen LogP contribution in [0.4, 0.5) is 4.79 Å². The Bertz CT molecular complexity index is 605. The van der Waals surface area contributed by atoms with Gasteiger partial charge in [0.15, 0.2) is 0 Å². The smallest absolute Gasteiger partial charge is 0.465 e. The van der Waals surface area contributed by atoms with E-state index in [9.17, 15) is 9.59 Å². The molecule has 0 aromatic rings. The van der Waals surface area contributed by atoms with E-state index in [1.54, 1.807) is 0 Å². The molecule has 0 aromatic carbocycles. The SMILES string of the molecule is CC(COC(=O)CC12CC3CC(CC(C3)C1)C2)COC(=O)OC1CCN(C(C)C)CC1. The van der Waals surface area contributed by atoms with Crippen LogP contribution in [0.2, 0.25) is 0 Å². The predicted molar refractivity (Wildman–Crippen MR) is 118 cm³/mol. The quantitative estimate of drug-likeness (QED) is 0.510.